The summed E-state index contributed by atoms with van der Waals surface area (Å²) in [5.41, 5.74) is 2.43. The summed E-state index contributed by atoms with van der Waals surface area (Å²) in [6.45, 7) is 4.52. The van der Waals surface area contributed by atoms with Crippen molar-refractivity contribution in [2.45, 2.75) is 45.1 Å². The molecule has 0 amide bonds. The van der Waals surface area contributed by atoms with Gasteiger partial charge in [-0.25, -0.2) is 0 Å². The fourth-order valence-corrected chi connectivity index (χ4v) is 2.82. The quantitative estimate of drug-likeness (QED) is 0.845. The molecule has 1 aliphatic rings. The van der Waals surface area contributed by atoms with E-state index in [1.807, 2.05) is 7.05 Å². The minimum absolute atomic E-state index is 0.388. The molecule has 1 N–H and O–H groups in total. The molecule has 0 radical (unpaired) electrons. The molecule has 1 fully saturated rings. The highest BCUT2D eigenvalue weighted by Gasteiger charge is 2.33. The van der Waals surface area contributed by atoms with Crippen LogP contribution in [0, 0.1) is 5.92 Å². The van der Waals surface area contributed by atoms with Crippen molar-refractivity contribution in [1.29, 1.82) is 0 Å². The standard InChI is InChI=1S/C17H23NO/c1-4-11(2)13-7-8-15-14(9-13)10-16(19-15)17(18-3)12-5-6-12/h7-12,17-18H,4-6H2,1-3H3. The second-order valence-corrected chi connectivity index (χ2v) is 5.86. The Bertz CT molecular complexity index is 568. The van der Waals surface area contributed by atoms with Gasteiger partial charge in [0, 0.05) is 5.39 Å². The normalized spacial score (nSPS) is 18.7. The average molecular weight is 257 g/mol. The Hall–Kier alpha value is -1.28. The summed E-state index contributed by atoms with van der Waals surface area (Å²) in [6.07, 6.45) is 3.82. The van der Waals surface area contributed by atoms with Crippen LogP contribution in [0.1, 0.15) is 56.4 Å². The van der Waals surface area contributed by atoms with Crippen molar-refractivity contribution in [3.8, 4) is 0 Å². The minimum Gasteiger partial charge on any atom is -0.459 e. The molecule has 0 bridgehead atoms. The third kappa shape index (κ3) is 2.42. The van der Waals surface area contributed by atoms with Gasteiger partial charge in [0.25, 0.3) is 0 Å². The molecule has 1 aromatic carbocycles. The van der Waals surface area contributed by atoms with E-state index in [0.717, 1.165) is 17.3 Å². The number of fused-ring (bicyclic) bond motifs is 1. The largest absolute Gasteiger partial charge is 0.459 e. The van der Waals surface area contributed by atoms with Crippen LogP contribution in [0.25, 0.3) is 11.0 Å². The van der Waals surface area contributed by atoms with Gasteiger partial charge in [0.05, 0.1) is 6.04 Å². The number of rotatable bonds is 5. The fourth-order valence-electron chi connectivity index (χ4n) is 2.82. The predicted octanol–water partition coefficient (Wildman–Crippen LogP) is 4.62. The van der Waals surface area contributed by atoms with Crippen molar-refractivity contribution < 1.29 is 4.42 Å². The van der Waals surface area contributed by atoms with E-state index in [0.29, 0.717) is 12.0 Å². The second-order valence-electron chi connectivity index (χ2n) is 5.86. The van der Waals surface area contributed by atoms with Crippen molar-refractivity contribution in [2.75, 3.05) is 7.05 Å². The fraction of sp³-hybridized carbons (Fsp3) is 0.529. The molecular weight excluding hydrogens is 234 g/mol. The molecule has 2 heteroatoms. The summed E-state index contributed by atoms with van der Waals surface area (Å²) < 4.78 is 6.03. The summed E-state index contributed by atoms with van der Waals surface area (Å²) in [6, 6.07) is 9.23. The zero-order valence-electron chi connectivity index (χ0n) is 12.1. The number of nitrogens with one attached hydrogen (secondary N) is 1. The van der Waals surface area contributed by atoms with Crippen LogP contribution in [0.3, 0.4) is 0 Å². The molecule has 1 heterocycles. The predicted molar refractivity (Wildman–Crippen MR) is 79.4 cm³/mol. The zero-order valence-corrected chi connectivity index (χ0v) is 12.1. The van der Waals surface area contributed by atoms with Gasteiger partial charge in [-0.15, -0.1) is 0 Å². The first-order valence-corrected chi connectivity index (χ1v) is 7.43. The topological polar surface area (TPSA) is 25.2 Å². The van der Waals surface area contributed by atoms with Crippen molar-refractivity contribution in [1.82, 2.24) is 5.32 Å². The van der Waals surface area contributed by atoms with Gasteiger partial charge in [-0.2, -0.15) is 0 Å². The maximum atomic E-state index is 6.03. The van der Waals surface area contributed by atoms with Crippen LogP contribution < -0.4 is 5.32 Å². The first kappa shape index (κ1) is 12.7. The first-order valence-electron chi connectivity index (χ1n) is 7.43. The molecular formula is C17H23NO. The van der Waals surface area contributed by atoms with Gasteiger partial charge in [-0.3, -0.25) is 0 Å². The van der Waals surface area contributed by atoms with E-state index < -0.39 is 0 Å². The molecule has 1 aromatic heterocycles. The highest BCUT2D eigenvalue weighted by Crippen LogP contribution is 2.42. The molecule has 2 unspecified atom stereocenters. The lowest BCUT2D eigenvalue weighted by atomic mass is 9.97. The summed E-state index contributed by atoms with van der Waals surface area (Å²) >= 11 is 0. The van der Waals surface area contributed by atoms with Crippen molar-refractivity contribution in [3.05, 3.63) is 35.6 Å². The van der Waals surface area contributed by atoms with Crippen molar-refractivity contribution in [3.63, 3.8) is 0 Å². The second kappa shape index (κ2) is 5.01. The molecule has 2 nitrogen and oxygen atoms in total. The van der Waals surface area contributed by atoms with E-state index in [4.69, 9.17) is 4.42 Å². The van der Waals surface area contributed by atoms with Crippen LogP contribution in [0.15, 0.2) is 28.7 Å². The van der Waals surface area contributed by atoms with E-state index in [1.165, 1.54) is 30.2 Å². The van der Waals surface area contributed by atoms with E-state index >= 15 is 0 Å². The van der Waals surface area contributed by atoms with E-state index in [1.54, 1.807) is 0 Å². The smallest absolute Gasteiger partial charge is 0.134 e. The SMILES string of the molecule is CCC(C)c1ccc2oc(C(NC)C3CC3)cc2c1. The average Bonchev–Trinajstić information content (AvgIpc) is 3.17. The summed E-state index contributed by atoms with van der Waals surface area (Å²) in [4.78, 5) is 0. The van der Waals surface area contributed by atoms with Crippen LogP contribution >= 0.6 is 0 Å². The molecule has 19 heavy (non-hydrogen) atoms. The molecule has 0 saturated heterocycles. The lowest BCUT2D eigenvalue weighted by Gasteiger charge is -2.11. The Balaban J connectivity index is 1.95. The number of benzene rings is 1. The van der Waals surface area contributed by atoms with Crippen LogP contribution in [-0.4, -0.2) is 7.05 Å². The minimum atomic E-state index is 0.388. The maximum absolute atomic E-state index is 6.03. The molecule has 1 saturated carbocycles. The van der Waals surface area contributed by atoms with Crippen LogP contribution in [0.2, 0.25) is 0 Å². The molecule has 102 valence electrons. The van der Waals surface area contributed by atoms with E-state index in [9.17, 15) is 0 Å². The molecule has 0 spiro atoms. The maximum Gasteiger partial charge on any atom is 0.134 e. The van der Waals surface area contributed by atoms with Gasteiger partial charge in [0.1, 0.15) is 11.3 Å². The number of hydrogen-bond acceptors (Lipinski definition) is 2. The Kier molecular flexibility index (Phi) is 3.36. The van der Waals surface area contributed by atoms with Crippen molar-refractivity contribution >= 4 is 11.0 Å². The Morgan fingerprint density at radius 1 is 1.32 bits per heavy atom. The van der Waals surface area contributed by atoms with Gasteiger partial charge in [0.15, 0.2) is 0 Å². The molecule has 0 aliphatic heterocycles. The molecule has 2 atom stereocenters. The van der Waals surface area contributed by atoms with Crippen molar-refractivity contribution in [2.24, 2.45) is 5.92 Å². The highest BCUT2D eigenvalue weighted by atomic mass is 16.3. The number of hydrogen-bond donors (Lipinski definition) is 1. The summed E-state index contributed by atoms with van der Waals surface area (Å²) in [7, 11) is 2.03. The Labute approximate surface area is 115 Å². The van der Waals surface area contributed by atoms with E-state index in [2.05, 4.69) is 43.4 Å². The highest BCUT2D eigenvalue weighted by molar-refractivity contribution is 5.79. The zero-order chi connectivity index (χ0) is 13.4. The molecule has 1 aliphatic carbocycles. The van der Waals surface area contributed by atoms with Gasteiger partial charge in [-0.05, 0) is 61.9 Å². The number of furan rings is 1. The van der Waals surface area contributed by atoms with Gasteiger partial charge in [0.2, 0.25) is 0 Å². The lowest BCUT2D eigenvalue weighted by molar-refractivity contribution is 0.419. The third-order valence-electron chi connectivity index (χ3n) is 4.45. The van der Waals surface area contributed by atoms with Crippen LogP contribution in [0.4, 0.5) is 0 Å². The van der Waals surface area contributed by atoms with Gasteiger partial charge in [-0.1, -0.05) is 19.9 Å². The molecule has 2 aromatic rings. The van der Waals surface area contributed by atoms with Gasteiger partial charge < -0.3 is 9.73 Å². The first-order chi connectivity index (χ1) is 9.22. The van der Waals surface area contributed by atoms with Crippen LogP contribution in [0.5, 0.6) is 0 Å². The summed E-state index contributed by atoms with van der Waals surface area (Å²) in [5.74, 6) is 2.48. The van der Waals surface area contributed by atoms with Gasteiger partial charge >= 0.3 is 0 Å². The monoisotopic (exact) mass is 257 g/mol. The summed E-state index contributed by atoms with van der Waals surface area (Å²) in [5, 5.41) is 4.64. The molecule has 3 rings (SSSR count). The van der Waals surface area contributed by atoms with E-state index in [-0.39, 0.29) is 0 Å². The Morgan fingerprint density at radius 2 is 2.11 bits per heavy atom. The third-order valence-corrected chi connectivity index (χ3v) is 4.45. The van der Waals surface area contributed by atoms with Crippen LogP contribution in [-0.2, 0) is 0 Å². The Morgan fingerprint density at radius 3 is 2.74 bits per heavy atom. The lowest BCUT2D eigenvalue weighted by Crippen LogP contribution is -2.17.